The molecular formula is C11H14BrNO2. The number of anilines is 1. The van der Waals surface area contributed by atoms with Gasteiger partial charge in [0.1, 0.15) is 11.5 Å². The fourth-order valence-corrected chi connectivity index (χ4v) is 1.85. The van der Waals surface area contributed by atoms with Gasteiger partial charge in [0.25, 0.3) is 0 Å². The standard InChI is InChI=1S/C11H14BrNO2/c1-8(14)7-13(2)9-4-5-11(15-3)10(12)6-9/h4-6H,7H2,1-3H3. The summed E-state index contributed by atoms with van der Waals surface area (Å²) in [5, 5.41) is 0. The Bertz CT molecular complexity index is 366. The van der Waals surface area contributed by atoms with Gasteiger partial charge in [-0.15, -0.1) is 0 Å². The van der Waals surface area contributed by atoms with Gasteiger partial charge in [-0.1, -0.05) is 0 Å². The monoisotopic (exact) mass is 271 g/mol. The first-order valence-corrected chi connectivity index (χ1v) is 5.38. The molecule has 0 spiro atoms. The van der Waals surface area contributed by atoms with Gasteiger partial charge in [-0.05, 0) is 41.1 Å². The number of carbonyl (C=O) groups excluding carboxylic acids is 1. The van der Waals surface area contributed by atoms with Gasteiger partial charge in [0.2, 0.25) is 0 Å². The number of benzene rings is 1. The quantitative estimate of drug-likeness (QED) is 0.843. The molecule has 0 N–H and O–H groups in total. The van der Waals surface area contributed by atoms with Crippen molar-refractivity contribution < 1.29 is 9.53 Å². The Hall–Kier alpha value is -1.03. The lowest BCUT2D eigenvalue weighted by molar-refractivity contribution is -0.115. The predicted octanol–water partition coefficient (Wildman–Crippen LogP) is 2.48. The van der Waals surface area contributed by atoms with E-state index in [1.54, 1.807) is 14.0 Å². The predicted molar refractivity (Wildman–Crippen MR) is 64.6 cm³/mol. The zero-order valence-electron chi connectivity index (χ0n) is 9.08. The first-order valence-electron chi connectivity index (χ1n) is 4.58. The molecule has 0 saturated carbocycles. The number of methoxy groups -OCH3 is 1. The molecule has 0 aromatic heterocycles. The third-order valence-corrected chi connectivity index (χ3v) is 2.66. The summed E-state index contributed by atoms with van der Waals surface area (Å²) in [6.07, 6.45) is 0. The number of rotatable bonds is 4. The maximum Gasteiger partial charge on any atom is 0.149 e. The van der Waals surface area contributed by atoms with Crippen molar-refractivity contribution in [3.05, 3.63) is 22.7 Å². The highest BCUT2D eigenvalue weighted by Gasteiger charge is 2.06. The molecule has 0 saturated heterocycles. The van der Waals surface area contributed by atoms with Crippen LogP contribution in [0, 0.1) is 0 Å². The Balaban J connectivity index is 2.87. The minimum Gasteiger partial charge on any atom is -0.496 e. The van der Waals surface area contributed by atoms with Gasteiger partial charge in [-0.3, -0.25) is 4.79 Å². The molecule has 1 aromatic carbocycles. The van der Waals surface area contributed by atoms with E-state index in [-0.39, 0.29) is 5.78 Å². The molecule has 0 aliphatic heterocycles. The number of hydrogen-bond acceptors (Lipinski definition) is 3. The normalized spacial score (nSPS) is 9.87. The summed E-state index contributed by atoms with van der Waals surface area (Å²) in [5.41, 5.74) is 0.984. The summed E-state index contributed by atoms with van der Waals surface area (Å²) in [4.78, 5) is 12.9. The fourth-order valence-electron chi connectivity index (χ4n) is 1.32. The lowest BCUT2D eigenvalue weighted by Gasteiger charge is -2.18. The summed E-state index contributed by atoms with van der Waals surface area (Å²) in [7, 11) is 3.51. The van der Waals surface area contributed by atoms with Crippen molar-refractivity contribution in [2.24, 2.45) is 0 Å². The van der Waals surface area contributed by atoms with Crippen LogP contribution < -0.4 is 9.64 Å². The topological polar surface area (TPSA) is 29.5 Å². The van der Waals surface area contributed by atoms with E-state index in [9.17, 15) is 4.79 Å². The van der Waals surface area contributed by atoms with Crippen LogP contribution in [0.5, 0.6) is 5.75 Å². The minimum atomic E-state index is 0.143. The van der Waals surface area contributed by atoms with E-state index in [1.165, 1.54) is 0 Å². The van der Waals surface area contributed by atoms with Crippen LogP contribution >= 0.6 is 15.9 Å². The SMILES string of the molecule is COc1ccc(N(C)CC(C)=O)cc1Br. The largest absolute Gasteiger partial charge is 0.496 e. The van der Waals surface area contributed by atoms with Crippen molar-refractivity contribution in [3.63, 3.8) is 0 Å². The van der Waals surface area contributed by atoms with E-state index < -0.39 is 0 Å². The fraction of sp³-hybridized carbons (Fsp3) is 0.364. The Morgan fingerprint density at radius 3 is 2.67 bits per heavy atom. The van der Waals surface area contributed by atoms with Crippen molar-refractivity contribution in [1.82, 2.24) is 0 Å². The summed E-state index contributed by atoms with van der Waals surface area (Å²) in [6.45, 7) is 1.99. The third kappa shape index (κ3) is 3.23. The van der Waals surface area contributed by atoms with Gasteiger partial charge in [-0.25, -0.2) is 0 Å². The minimum absolute atomic E-state index is 0.143. The van der Waals surface area contributed by atoms with Crippen LogP contribution in [0.3, 0.4) is 0 Å². The summed E-state index contributed by atoms with van der Waals surface area (Å²) < 4.78 is 6.02. The van der Waals surface area contributed by atoms with Gasteiger partial charge in [0, 0.05) is 12.7 Å². The molecule has 0 atom stereocenters. The number of ketones is 1. The molecule has 15 heavy (non-hydrogen) atoms. The maximum absolute atomic E-state index is 11.0. The van der Waals surface area contributed by atoms with Crippen molar-refractivity contribution in [3.8, 4) is 5.75 Å². The zero-order valence-corrected chi connectivity index (χ0v) is 10.7. The van der Waals surface area contributed by atoms with E-state index in [0.29, 0.717) is 6.54 Å². The van der Waals surface area contributed by atoms with Crippen molar-refractivity contribution in [2.75, 3.05) is 25.6 Å². The van der Waals surface area contributed by atoms with Crippen LogP contribution in [0.15, 0.2) is 22.7 Å². The second-order valence-corrected chi connectivity index (χ2v) is 4.23. The van der Waals surface area contributed by atoms with E-state index >= 15 is 0 Å². The molecule has 0 heterocycles. The number of halogens is 1. The Kier molecular flexibility index (Phi) is 4.15. The highest BCUT2D eigenvalue weighted by Crippen LogP contribution is 2.28. The summed E-state index contributed by atoms with van der Waals surface area (Å²) >= 11 is 3.41. The highest BCUT2D eigenvalue weighted by atomic mass is 79.9. The number of hydrogen-bond donors (Lipinski definition) is 0. The van der Waals surface area contributed by atoms with Gasteiger partial charge < -0.3 is 9.64 Å². The van der Waals surface area contributed by atoms with E-state index in [4.69, 9.17) is 4.74 Å². The lowest BCUT2D eigenvalue weighted by atomic mass is 10.2. The van der Waals surface area contributed by atoms with Crippen LogP contribution in [0.2, 0.25) is 0 Å². The molecule has 0 aliphatic carbocycles. The highest BCUT2D eigenvalue weighted by molar-refractivity contribution is 9.10. The average Bonchev–Trinajstić information content (AvgIpc) is 2.16. The molecule has 0 radical (unpaired) electrons. The van der Waals surface area contributed by atoms with E-state index in [2.05, 4.69) is 15.9 Å². The molecule has 0 unspecified atom stereocenters. The van der Waals surface area contributed by atoms with Crippen LogP contribution in [0.1, 0.15) is 6.92 Å². The Morgan fingerprint density at radius 2 is 2.20 bits per heavy atom. The third-order valence-electron chi connectivity index (χ3n) is 2.04. The lowest BCUT2D eigenvalue weighted by Crippen LogP contribution is -2.23. The van der Waals surface area contributed by atoms with Crippen LogP contribution in [0.25, 0.3) is 0 Å². The Morgan fingerprint density at radius 1 is 1.53 bits per heavy atom. The molecule has 82 valence electrons. The molecule has 4 heteroatoms. The second kappa shape index (κ2) is 5.16. The number of ether oxygens (including phenoxy) is 1. The zero-order chi connectivity index (χ0) is 11.4. The molecule has 0 fully saturated rings. The maximum atomic E-state index is 11.0. The second-order valence-electron chi connectivity index (χ2n) is 3.38. The summed E-state index contributed by atoms with van der Waals surface area (Å²) in [5.74, 6) is 0.930. The van der Waals surface area contributed by atoms with Crippen molar-refractivity contribution in [1.29, 1.82) is 0 Å². The molecule has 1 aromatic rings. The molecular weight excluding hydrogens is 258 g/mol. The molecule has 1 rings (SSSR count). The number of likely N-dealkylation sites (N-methyl/N-ethyl adjacent to an activating group) is 1. The van der Waals surface area contributed by atoms with Crippen LogP contribution in [-0.2, 0) is 4.79 Å². The van der Waals surface area contributed by atoms with Gasteiger partial charge in [0.15, 0.2) is 0 Å². The first kappa shape index (κ1) is 12.0. The molecule has 0 amide bonds. The summed E-state index contributed by atoms with van der Waals surface area (Å²) in [6, 6.07) is 5.73. The van der Waals surface area contributed by atoms with Gasteiger partial charge in [-0.2, -0.15) is 0 Å². The molecule has 0 aliphatic rings. The van der Waals surface area contributed by atoms with E-state index in [0.717, 1.165) is 15.9 Å². The Labute approximate surface area is 98.2 Å². The number of carbonyl (C=O) groups is 1. The average molecular weight is 272 g/mol. The van der Waals surface area contributed by atoms with Gasteiger partial charge >= 0.3 is 0 Å². The smallest absolute Gasteiger partial charge is 0.149 e. The first-order chi connectivity index (χ1) is 7.04. The van der Waals surface area contributed by atoms with E-state index in [1.807, 2.05) is 30.1 Å². The van der Waals surface area contributed by atoms with Crippen molar-refractivity contribution in [2.45, 2.75) is 6.92 Å². The number of Topliss-reactive ketones (excluding diaryl/α,β-unsaturated/α-hetero) is 1. The van der Waals surface area contributed by atoms with Crippen molar-refractivity contribution >= 4 is 27.4 Å². The van der Waals surface area contributed by atoms with Crippen LogP contribution in [0.4, 0.5) is 5.69 Å². The van der Waals surface area contributed by atoms with Gasteiger partial charge in [0.05, 0.1) is 18.1 Å². The molecule has 0 bridgehead atoms. The van der Waals surface area contributed by atoms with Crippen LogP contribution in [-0.4, -0.2) is 26.5 Å². The molecule has 3 nitrogen and oxygen atoms in total. The number of nitrogens with zero attached hydrogens (tertiary/aromatic N) is 1.